The number of benzene rings is 3. The van der Waals surface area contributed by atoms with E-state index >= 15 is 0 Å². The highest BCUT2D eigenvalue weighted by molar-refractivity contribution is 9.10. The minimum atomic E-state index is 0.0574. The number of para-hydroxylation sites is 1. The van der Waals surface area contributed by atoms with Gasteiger partial charge in [0.2, 0.25) is 0 Å². The van der Waals surface area contributed by atoms with Crippen LogP contribution in [0.15, 0.2) is 82.4 Å². The molecule has 0 atom stereocenters. The van der Waals surface area contributed by atoms with Crippen molar-refractivity contribution in [1.82, 2.24) is 14.8 Å². The summed E-state index contributed by atoms with van der Waals surface area (Å²) >= 11 is 4.81. The Morgan fingerprint density at radius 2 is 1.69 bits per heavy atom. The summed E-state index contributed by atoms with van der Waals surface area (Å²) in [5.41, 5.74) is 3.88. The summed E-state index contributed by atoms with van der Waals surface area (Å²) in [7, 11) is 0. The van der Waals surface area contributed by atoms with E-state index in [0.29, 0.717) is 16.5 Å². The zero-order valence-corrected chi connectivity index (χ0v) is 20.2. The number of hydrogen-bond donors (Lipinski definition) is 0. The topological polar surface area (TPSA) is 57.0 Å². The molecule has 1 aromatic heterocycles. The molecule has 0 radical (unpaired) electrons. The molecule has 0 saturated carbocycles. The van der Waals surface area contributed by atoms with Crippen LogP contribution in [0.4, 0.5) is 0 Å². The van der Waals surface area contributed by atoms with E-state index < -0.39 is 0 Å². The van der Waals surface area contributed by atoms with Crippen LogP contribution in [0.25, 0.3) is 5.69 Å². The van der Waals surface area contributed by atoms with E-state index in [-0.39, 0.29) is 18.1 Å². The molecule has 4 rings (SSSR count). The number of nitrogens with zero attached hydrogens (tertiary/aromatic N) is 3. The van der Waals surface area contributed by atoms with Gasteiger partial charge in [0.1, 0.15) is 12.4 Å². The van der Waals surface area contributed by atoms with Crippen LogP contribution in [0.5, 0.6) is 5.75 Å². The smallest absolute Gasteiger partial charge is 0.196 e. The van der Waals surface area contributed by atoms with Gasteiger partial charge in [-0.25, -0.2) is 0 Å². The first-order valence-corrected chi connectivity index (χ1v) is 11.9. The van der Waals surface area contributed by atoms with Crippen molar-refractivity contribution in [1.29, 1.82) is 0 Å². The predicted molar refractivity (Wildman–Crippen MR) is 131 cm³/mol. The van der Waals surface area contributed by atoms with Crippen molar-refractivity contribution < 1.29 is 9.53 Å². The molecule has 0 amide bonds. The quantitative estimate of drug-likeness (QED) is 0.210. The Balaban J connectivity index is 1.57. The predicted octanol–water partition coefficient (Wildman–Crippen LogP) is 6.20. The maximum atomic E-state index is 12.7. The van der Waals surface area contributed by atoms with Crippen LogP contribution in [-0.4, -0.2) is 26.3 Å². The molecule has 7 heteroatoms. The number of Topliss-reactive ketones (excluding diaryl/α,β-unsaturated/α-hetero) is 1. The second-order valence-corrected chi connectivity index (χ2v) is 9.20. The van der Waals surface area contributed by atoms with E-state index in [0.717, 1.165) is 27.0 Å². The minimum absolute atomic E-state index is 0.0574. The van der Waals surface area contributed by atoms with Gasteiger partial charge >= 0.3 is 0 Å². The van der Waals surface area contributed by atoms with Crippen LogP contribution >= 0.6 is 27.7 Å². The molecule has 4 aromatic rings. The summed E-state index contributed by atoms with van der Waals surface area (Å²) < 4.78 is 8.91. The molecular weight excluding hydrogens is 486 g/mol. The van der Waals surface area contributed by atoms with Crippen molar-refractivity contribution in [3.63, 3.8) is 0 Å². The average Bonchev–Trinajstić information content (AvgIpc) is 3.20. The maximum absolute atomic E-state index is 12.7. The van der Waals surface area contributed by atoms with Gasteiger partial charge in [0.25, 0.3) is 0 Å². The fraction of sp³-hybridized carbons (Fsp3) is 0.160. The second-order valence-electron chi connectivity index (χ2n) is 7.34. The van der Waals surface area contributed by atoms with Crippen molar-refractivity contribution in [2.75, 3.05) is 5.75 Å². The van der Waals surface area contributed by atoms with E-state index in [9.17, 15) is 4.79 Å². The number of halogens is 1. The zero-order chi connectivity index (χ0) is 22.5. The van der Waals surface area contributed by atoms with Crippen LogP contribution in [0, 0.1) is 13.8 Å². The number of carbonyl (C=O) groups excluding carboxylic acids is 1. The Hall–Kier alpha value is -2.90. The number of carbonyl (C=O) groups is 1. The molecule has 0 aliphatic heterocycles. The molecule has 1 heterocycles. The lowest BCUT2D eigenvalue weighted by Crippen LogP contribution is -2.09. The average molecular weight is 508 g/mol. The standard InChI is InChI=1S/C25H22BrN3O2S/c1-17-7-9-19(10-8-17)23(30)16-32-25-28-27-24(15-31-21-13-11-20(26)12-14-21)29(25)22-6-4-3-5-18(22)2/h3-14H,15-16H2,1-2H3. The summed E-state index contributed by atoms with van der Waals surface area (Å²) in [4.78, 5) is 12.7. The van der Waals surface area contributed by atoms with E-state index in [1.807, 2.05) is 91.2 Å². The van der Waals surface area contributed by atoms with Gasteiger partial charge in [-0.2, -0.15) is 0 Å². The number of ether oxygens (including phenoxy) is 1. The molecule has 162 valence electrons. The molecule has 3 aromatic carbocycles. The normalized spacial score (nSPS) is 10.8. The third kappa shape index (κ3) is 5.29. The van der Waals surface area contributed by atoms with E-state index in [1.54, 1.807) is 0 Å². The first kappa shape index (κ1) is 22.3. The fourth-order valence-corrected chi connectivity index (χ4v) is 4.30. The lowest BCUT2D eigenvalue weighted by atomic mass is 10.1. The summed E-state index contributed by atoms with van der Waals surface area (Å²) in [5.74, 6) is 1.76. The van der Waals surface area contributed by atoms with E-state index in [1.165, 1.54) is 11.8 Å². The number of hydrogen-bond acceptors (Lipinski definition) is 5. The first-order chi connectivity index (χ1) is 15.5. The molecule has 0 bridgehead atoms. The van der Waals surface area contributed by atoms with Gasteiger partial charge in [-0.15, -0.1) is 10.2 Å². The molecule has 0 spiro atoms. The summed E-state index contributed by atoms with van der Waals surface area (Å²) in [6.45, 7) is 4.31. The molecule has 5 nitrogen and oxygen atoms in total. The fourth-order valence-electron chi connectivity index (χ4n) is 3.18. The van der Waals surface area contributed by atoms with Gasteiger partial charge < -0.3 is 4.74 Å². The summed E-state index contributed by atoms with van der Waals surface area (Å²) in [6.07, 6.45) is 0. The van der Waals surface area contributed by atoms with Crippen molar-refractivity contribution in [2.24, 2.45) is 0 Å². The van der Waals surface area contributed by atoms with Crippen molar-refractivity contribution in [2.45, 2.75) is 25.6 Å². The Bertz CT molecular complexity index is 1220. The van der Waals surface area contributed by atoms with Gasteiger partial charge in [0.05, 0.1) is 11.4 Å². The molecule has 32 heavy (non-hydrogen) atoms. The minimum Gasteiger partial charge on any atom is -0.486 e. The first-order valence-electron chi connectivity index (χ1n) is 10.1. The van der Waals surface area contributed by atoms with Crippen molar-refractivity contribution in [3.8, 4) is 11.4 Å². The summed E-state index contributed by atoms with van der Waals surface area (Å²) in [6, 6.07) is 23.3. The Morgan fingerprint density at radius 1 is 0.969 bits per heavy atom. The molecular formula is C25H22BrN3O2S. The van der Waals surface area contributed by atoms with Crippen molar-refractivity contribution >= 4 is 33.5 Å². The monoisotopic (exact) mass is 507 g/mol. The SMILES string of the molecule is Cc1ccc(C(=O)CSc2nnc(COc3ccc(Br)cc3)n2-c2ccccc2C)cc1. The van der Waals surface area contributed by atoms with Crippen LogP contribution in [0.3, 0.4) is 0 Å². The van der Waals surface area contributed by atoms with Gasteiger partial charge in [-0.1, -0.05) is 75.7 Å². The highest BCUT2D eigenvalue weighted by Crippen LogP contribution is 2.26. The highest BCUT2D eigenvalue weighted by atomic mass is 79.9. The molecule has 0 fully saturated rings. The number of rotatable bonds is 8. The molecule has 0 unspecified atom stereocenters. The molecule has 0 N–H and O–H groups in total. The molecule has 0 aliphatic rings. The van der Waals surface area contributed by atoms with Crippen LogP contribution in [-0.2, 0) is 6.61 Å². The number of aromatic nitrogens is 3. The van der Waals surface area contributed by atoms with Crippen LogP contribution in [0.2, 0.25) is 0 Å². The number of ketones is 1. The lowest BCUT2D eigenvalue weighted by molar-refractivity contribution is 0.102. The van der Waals surface area contributed by atoms with Crippen LogP contribution in [0.1, 0.15) is 27.3 Å². The van der Waals surface area contributed by atoms with Crippen molar-refractivity contribution in [3.05, 3.63) is 99.8 Å². The number of thioether (sulfide) groups is 1. The third-order valence-corrected chi connectivity index (χ3v) is 6.40. The molecule has 0 saturated heterocycles. The van der Waals surface area contributed by atoms with E-state index in [2.05, 4.69) is 26.1 Å². The zero-order valence-electron chi connectivity index (χ0n) is 17.8. The Morgan fingerprint density at radius 3 is 2.41 bits per heavy atom. The lowest BCUT2D eigenvalue weighted by Gasteiger charge is -2.13. The number of aryl methyl sites for hydroxylation is 2. The maximum Gasteiger partial charge on any atom is 0.196 e. The second kappa shape index (κ2) is 10.1. The third-order valence-electron chi connectivity index (χ3n) is 4.94. The summed E-state index contributed by atoms with van der Waals surface area (Å²) in [5, 5.41) is 9.41. The van der Waals surface area contributed by atoms with Crippen LogP contribution < -0.4 is 4.74 Å². The Kier molecular flexibility index (Phi) is 7.07. The van der Waals surface area contributed by atoms with Gasteiger partial charge in [-0.05, 0) is 49.7 Å². The van der Waals surface area contributed by atoms with Gasteiger partial charge in [0.15, 0.2) is 16.8 Å². The molecule has 0 aliphatic carbocycles. The Labute approximate surface area is 200 Å². The van der Waals surface area contributed by atoms with Gasteiger partial charge in [0, 0.05) is 10.0 Å². The van der Waals surface area contributed by atoms with E-state index in [4.69, 9.17) is 4.74 Å². The van der Waals surface area contributed by atoms with Gasteiger partial charge in [-0.3, -0.25) is 9.36 Å². The largest absolute Gasteiger partial charge is 0.486 e. The highest BCUT2D eigenvalue weighted by Gasteiger charge is 2.18.